The van der Waals surface area contributed by atoms with Crippen LogP contribution in [0.2, 0.25) is 5.02 Å². The first-order valence-corrected chi connectivity index (χ1v) is 9.63. The highest BCUT2D eigenvalue weighted by Crippen LogP contribution is 2.35. The van der Waals surface area contributed by atoms with Gasteiger partial charge < -0.3 is 19.7 Å². The first-order valence-electron chi connectivity index (χ1n) is 9.25. The van der Waals surface area contributed by atoms with Gasteiger partial charge in [-0.1, -0.05) is 60.9 Å². The van der Waals surface area contributed by atoms with Crippen LogP contribution >= 0.6 is 11.6 Å². The highest BCUT2D eigenvalue weighted by molar-refractivity contribution is 6.32. The maximum Gasteiger partial charge on any atom is 0.252 e. The van der Waals surface area contributed by atoms with E-state index >= 15 is 0 Å². The number of carbonyl (C=O) groups excluding carboxylic acids is 1. The van der Waals surface area contributed by atoms with Crippen molar-refractivity contribution in [1.82, 2.24) is 15.5 Å². The summed E-state index contributed by atoms with van der Waals surface area (Å²) < 4.78 is 10.8. The topological polar surface area (TPSA) is 97.5 Å². The van der Waals surface area contributed by atoms with E-state index in [4.69, 9.17) is 20.9 Å². The van der Waals surface area contributed by atoms with E-state index in [1.54, 1.807) is 6.92 Å². The normalized spacial score (nSPS) is 12.0. The van der Waals surface area contributed by atoms with Crippen LogP contribution in [0.1, 0.15) is 43.1 Å². The lowest BCUT2D eigenvalue weighted by Gasteiger charge is -2.19. The summed E-state index contributed by atoms with van der Waals surface area (Å²) in [4.78, 5) is 17.3. The Bertz CT molecular complexity index is 989. The predicted octanol–water partition coefficient (Wildman–Crippen LogP) is 4.62. The number of nitrogens with zero attached hydrogens (tertiary/aromatic N) is 2. The number of phenols is 1. The van der Waals surface area contributed by atoms with Gasteiger partial charge in [0.1, 0.15) is 6.04 Å². The summed E-state index contributed by atoms with van der Waals surface area (Å²) in [6, 6.07) is 11.8. The molecule has 7 nitrogen and oxygen atoms in total. The van der Waals surface area contributed by atoms with Gasteiger partial charge in [0.2, 0.25) is 11.7 Å². The fourth-order valence-electron chi connectivity index (χ4n) is 2.77. The Kier molecular flexibility index (Phi) is 6.39. The molecule has 8 heteroatoms. The number of aromatic hydroxyl groups is 1. The van der Waals surface area contributed by atoms with Crippen LogP contribution in [0.3, 0.4) is 0 Å². The Balaban J connectivity index is 1.85. The van der Waals surface area contributed by atoms with Crippen LogP contribution in [0.25, 0.3) is 11.4 Å². The first-order chi connectivity index (χ1) is 13.9. The summed E-state index contributed by atoms with van der Waals surface area (Å²) in [5, 5.41) is 16.9. The Morgan fingerprint density at radius 1 is 1.28 bits per heavy atom. The van der Waals surface area contributed by atoms with Gasteiger partial charge in [0.15, 0.2) is 11.5 Å². The van der Waals surface area contributed by atoms with Crippen molar-refractivity contribution in [1.29, 1.82) is 0 Å². The van der Waals surface area contributed by atoms with Gasteiger partial charge in [-0.05, 0) is 25.0 Å². The standard InChI is InChI=1S/C21H22ClN3O4/c1-4-28-16-11-14(10-15(22)18(16)26)20(27)23-17(12(2)3)21-24-19(25-29-21)13-8-6-5-7-9-13/h5-12,17,26H,4H2,1-3H3,(H,23,27). The highest BCUT2D eigenvalue weighted by Gasteiger charge is 2.26. The van der Waals surface area contributed by atoms with E-state index in [2.05, 4.69) is 15.5 Å². The summed E-state index contributed by atoms with van der Waals surface area (Å²) >= 11 is 6.04. The van der Waals surface area contributed by atoms with Gasteiger partial charge in [0, 0.05) is 11.1 Å². The van der Waals surface area contributed by atoms with Gasteiger partial charge in [0.25, 0.3) is 5.91 Å². The minimum absolute atomic E-state index is 0.0121. The SMILES string of the molecule is CCOc1cc(C(=O)NC(c2nc(-c3ccccc3)no2)C(C)C)cc(Cl)c1O. The Morgan fingerprint density at radius 3 is 2.66 bits per heavy atom. The largest absolute Gasteiger partial charge is 0.503 e. The molecule has 1 aromatic heterocycles. The molecule has 1 amide bonds. The molecular weight excluding hydrogens is 394 g/mol. The van der Waals surface area contributed by atoms with Crippen LogP contribution in [-0.2, 0) is 0 Å². The molecule has 29 heavy (non-hydrogen) atoms. The van der Waals surface area contributed by atoms with Crippen molar-refractivity contribution < 1.29 is 19.2 Å². The molecule has 1 atom stereocenters. The Hall–Kier alpha value is -3.06. The molecule has 1 heterocycles. The molecule has 3 aromatic rings. The van der Waals surface area contributed by atoms with Gasteiger partial charge in [-0.15, -0.1) is 0 Å². The number of hydrogen-bond donors (Lipinski definition) is 2. The molecule has 0 saturated carbocycles. The van der Waals surface area contributed by atoms with Gasteiger partial charge >= 0.3 is 0 Å². The van der Waals surface area contributed by atoms with Crippen LogP contribution in [0.5, 0.6) is 11.5 Å². The number of amides is 1. The molecule has 0 aliphatic rings. The average molecular weight is 416 g/mol. The van der Waals surface area contributed by atoms with Crippen molar-refractivity contribution in [2.75, 3.05) is 6.61 Å². The molecule has 0 aliphatic carbocycles. The van der Waals surface area contributed by atoms with Crippen LogP contribution in [0.15, 0.2) is 47.0 Å². The first kappa shape index (κ1) is 20.7. The number of rotatable bonds is 7. The minimum Gasteiger partial charge on any atom is -0.503 e. The highest BCUT2D eigenvalue weighted by atomic mass is 35.5. The van der Waals surface area contributed by atoms with E-state index in [0.29, 0.717) is 18.3 Å². The van der Waals surface area contributed by atoms with Crippen LogP contribution in [0, 0.1) is 5.92 Å². The zero-order chi connectivity index (χ0) is 21.0. The second-order valence-electron chi connectivity index (χ2n) is 6.76. The summed E-state index contributed by atoms with van der Waals surface area (Å²) in [5.41, 5.74) is 1.08. The zero-order valence-electron chi connectivity index (χ0n) is 16.3. The third-order valence-electron chi connectivity index (χ3n) is 4.28. The van der Waals surface area contributed by atoms with Crippen LogP contribution < -0.4 is 10.1 Å². The monoisotopic (exact) mass is 415 g/mol. The maximum atomic E-state index is 12.8. The lowest BCUT2D eigenvalue weighted by Crippen LogP contribution is -2.32. The number of ether oxygens (including phenoxy) is 1. The van der Waals surface area contributed by atoms with Crippen molar-refractivity contribution >= 4 is 17.5 Å². The fourth-order valence-corrected chi connectivity index (χ4v) is 2.99. The van der Waals surface area contributed by atoms with Gasteiger partial charge in [-0.3, -0.25) is 4.79 Å². The van der Waals surface area contributed by atoms with E-state index in [9.17, 15) is 9.90 Å². The van der Waals surface area contributed by atoms with E-state index < -0.39 is 11.9 Å². The number of halogens is 1. The lowest BCUT2D eigenvalue weighted by atomic mass is 10.0. The zero-order valence-corrected chi connectivity index (χ0v) is 17.1. The molecule has 0 saturated heterocycles. The molecular formula is C21H22ClN3O4. The molecule has 0 aliphatic heterocycles. The molecule has 0 bridgehead atoms. The van der Waals surface area contributed by atoms with Gasteiger partial charge in [-0.25, -0.2) is 0 Å². The number of hydrogen-bond acceptors (Lipinski definition) is 6. The molecule has 2 N–H and O–H groups in total. The molecule has 2 aromatic carbocycles. The molecule has 3 rings (SSSR count). The number of benzene rings is 2. The summed E-state index contributed by atoms with van der Waals surface area (Å²) in [5.74, 6) is 0.298. The number of nitrogens with one attached hydrogen (secondary N) is 1. The van der Waals surface area contributed by atoms with Gasteiger partial charge in [-0.2, -0.15) is 4.98 Å². The van der Waals surface area contributed by atoms with Crippen molar-refractivity contribution in [3.8, 4) is 22.9 Å². The predicted molar refractivity (Wildman–Crippen MR) is 109 cm³/mol. The van der Waals surface area contributed by atoms with Crippen molar-refractivity contribution in [3.63, 3.8) is 0 Å². The van der Waals surface area contributed by atoms with Crippen molar-refractivity contribution in [3.05, 3.63) is 58.9 Å². The Labute approximate surface area is 173 Å². The van der Waals surface area contributed by atoms with Crippen LogP contribution in [0.4, 0.5) is 0 Å². The Morgan fingerprint density at radius 2 is 2.00 bits per heavy atom. The second kappa shape index (κ2) is 8.96. The molecule has 0 fully saturated rings. The summed E-state index contributed by atoms with van der Waals surface area (Å²) in [6.07, 6.45) is 0. The average Bonchev–Trinajstić information content (AvgIpc) is 3.19. The van der Waals surface area contributed by atoms with E-state index in [1.165, 1.54) is 12.1 Å². The second-order valence-corrected chi connectivity index (χ2v) is 7.16. The van der Waals surface area contributed by atoms with Crippen molar-refractivity contribution in [2.45, 2.75) is 26.8 Å². The number of carbonyl (C=O) groups is 1. The summed E-state index contributed by atoms with van der Waals surface area (Å²) in [6.45, 7) is 5.97. The third kappa shape index (κ3) is 4.68. The number of aromatic nitrogens is 2. The molecule has 152 valence electrons. The minimum atomic E-state index is -0.504. The fraction of sp³-hybridized carbons (Fsp3) is 0.286. The van der Waals surface area contributed by atoms with E-state index in [1.807, 2.05) is 44.2 Å². The maximum absolute atomic E-state index is 12.8. The smallest absolute Gasteiger partial charge is 0.252 e. The lowest BCUT2D eigenvalue weighted by molar-refractivity contribution is 0.0913. The summed E-state index contributed by atoms with van der Waals surface area (Å²) in [7, 11) is 0. The molecule has 0 radical (unpaired) electrons. The quantitative estimate of drug-likeness (QED) is 0.584. The van der Waals surface area contributed by atoms with Crippen molar-refractivity contribution in [2.24, 2.45) is 5.92 Å². The molecule has 0 spiro atoms. The van der Waals surface area contributed by atoms with Gasteiger partial charge in [0.05, 0.1) is 11.6 Å². The van der Waals surface area contributed by atoms with Crippen LogP contribution in [-0.4, -0.2) is 27.8 Å². The molecule has 1 unspecified atom stereocenters. The third-order valence-corrected chi connectivity index (χ3v) is 4.57. The van der Waals surface area contributed by atoms with E-state index in [-0.39, 0.29) is 28.0 Å². The van der Waals surface area contributed by atoms with E-state index in [0.717, 1.165) is 5.56 Å². The number of phenolic OH excluding ortho intramolecular Hbond substituents is 1.